The Kier molecular flexibility index (Phi) is 2.18. The maximum absolute atomic E-state index is 11.4. The lowest BCUT2D eigenvalue weighted by atomic mass is 10.00. The van der Waals surface area contributed by atoms with Gasteiger partial charge in [0.25, 0.3) is 5.91 Å². The minimum Gasteiger partial charge on any atom is -0.352 e. The lowest BCUT2D eigenvalue weighted by Crippen LogP contribution is -2.31. The van der Waals surface area contributed by atoms with Crippen molar-refractivity contribution in [3.8, 4) is 0 Å². The summed E-state index contributed by atoms with van der Waals surface area (Å²) in [5, 5.41) is 5.27. The fourth-order valence-corrected chi connectivity index (χ4v) is 1.57. The van der Waals surface area contributed by atoms with E-state index in [0.29, 0.717) is 24.2 Å². The van der Waals surface area contributed by atoms with Gasteiger partial charge in [0.2, 0.25) is 6.41 Å². The van der Waals surface area contributed by atoms with E-state index in [4.69, 9.17) is 0 Å². The van der Waals surface area contributed by atoms with E-state index in [1.165, 1.54) is 0 Å². The molecule has 2 amide bonds. The Morgan fingerprint density at radius 1 is 1.43 bits per heavy atom. The number of carbonyl (C=O) groups is 2. The predicted octanol–water partition coefficient (Wildman–Crippen LogP) is 0.541. The van der Waals surface area contributed by atoms with Crippen LogP contribution in [0.1, 0.15) is 15.9 Å². The first-order valence-electron chi connectivity index (χ1n) is 4.42. The van der Waals surface area contributed by atoms with Crippen LogP contribution in [0.3, 0.4) is 0 Å². The molecular formula is C10H10N2O2. The highest BCUT2D eigenvalue weighted by Gasteiger charge is 2.16. The smallest absolute Gasteiger partial charge is 0.251 e. The van der Waals surface area contributed by atoms with E-state index in [2.05, 4.69) is 10.6 Å². The van der Waals surface area contributed by atoms with Crippen LogP contribution in [0.5, 0.6) is 0 Å². The van der Waals surface area contributed by atoms with Crippen LogP contribution in [-0.4, -0.2) is 18.9 Å². The highest BCUT2D eigenvalue weighted by atomic mass is 16.1. The van der Waals surface area contributed by atoms with Gasteiger partial charge in [0.15, 0.2) is 0 Å². The Balaban J connectivity index is 2.40. The number of fused-ring (bicyclic) bond motifs is 1. The summed E-state index contributed by atoms with van der Waals surface area (Å²) in [5.41, 5.74) is 2.34. The van der Waals surface area contributed by atoms with Crippen molar-refractivity contribution in [2.75, 3.05) is 11.9 Å². The van der Waals surface area contributed by atoms with E-state index in [9.17, 15) is 9.59 Å². The monoisotopic (exact) mass is 190 g/mol. The van der Waals surface area contributed by atoms with Crippen molar-refractivity contribution in [3.05, 3.63) is 29.3 Å². The molecule has 0 fully saturated rings. The molecule has 0 bridgehead atoms. The van der Waals surface area contributed by atoms with Gasteiger partial charge < -0.3 is 10.6 Å². The molecule has 0 aromatic heterocycles. The molecule has 1 heterocycles. The summed E-state index contributed by atoms with van der Waals surface area (Å²) in [6.07, 6.45) is 1.45. The van der Waals surface area contributed by atoms with E-state index >= 15 is 0 Å². The number of hydrogen-bond donors (Lipinski definition) is 2. The predicted molar refractivity (Wildman–Crippen MR) is 52.2 cm³/mol. The molecule has 1 aliphatic rings. The van der Waals surface area contributed by atoms with Gasteiger partial charge in [-0.05, 0) is 24.1 Å². The van der Waals surface area contributed by atoms with Crippen LogP contribution in [0.4, 0.5) is 5.69 Å². The molecule has 0 unspecified atom stereocenters. The third kappa shape index (κ3) is 1.46. The Labute approximate surface area is 81.3 Å². The van der Waals surface area contributed by atoms with Crippen molar-refractivity contribution in [3.63, 3.8) is 0 Å². The summed E-state index contributed by atoms with van der Waals surface area (Å²) >= 11 is 0. The fraction of sp³-hybridized carbons (Fsp3) is 0.200. The molecule has 14 heavy (non-hydrogen) atoms. The second kappa shape index (κ2) is 3.49. The highest BCUT2D eigenvalue weighted by molar-refractivity contribution is 5.98. The first-order chi connectivity index (χ1) is 6.81. The molecule has 0 saturated heterocycles. The number of rotatable bonds is 2. The first kappa shape index (κ1) is 8.74. The summed E-state index contributed by atoms with van der Waals surface area (Å²) < 4.78 is 0. The lowest BCUT2D eigenvalue weighted by Gasteiger charge is -2.16. The van der Waals surface area contributed by atoms with Crippen molar-refractivity contribution in [2.24, 2.45) is 0 Å². The number of nitrogens with one attached hydrogen (secondary N) is 2. The van der Waals surface area contributed by atoms with Crippen molar-refractivity contribution in [1.29, 1.82) is 0 Å². The van der Waals surface area contributed by atoms with Crippen LogP contribution in [0, 0.1) is 0 Å². The van der Waals surface area contributed by atoms with E-state index in [1.807, 2.05) is 6.07 Å². The number of hydrogen-bond acceptors (Lipinski definition) is 2. The third-order valence-corrected chi connectivity index (χ3v) is 2.26. The topological polar surface area (TPSA) is 58.2 Å². The van der Waals surface area contributed by atoms with Gasteiger partial charge in [0, 0.05) is 17.8 Å². The largest absolute Gasteiger partial charge is 0.352 e. The Bertz CT molecular complexity index is 388. The minimum absolute atomic E-state index is 0.0687. The number of amides is 2. The fourth-order valence-electron chi connectivity index (χ4n) is 1.57. The lowest BCUT2D eigenvalue weighted by molar-refractivity contribution is -0.105. The molecule has 4 heteroatoms. The van der Waals surface area contributed by atoms with Crippen LogP contribution >= 0.6 is 0 Å². The quantitative estimate of drug-likeness (QED) is 0.669. The number of carbonyl (C=O) groups excluding carboxylic acids is 2. The average Bonchev–Trinajstić information content (AvgIpc) is 2.20. The van der Waals surface area contributed by atoms with Crippen molar-refractivity contribution in [2.45, 2.75) is 6.42 Å². The molecule has 0 saturated carbocycles. The zero-order chi connectivity index (χ0) is 9.97. The van der Waals surface area contributed by atoms with Gasteiger partial charge in [-0.15, -0.1) is 0 Å². The van der Waals surface area contributed by atoms with Crippen LogP contribution in [0.25, 0.3) is 0 Å². The summed E-state index contributed by atoms with van der Waals surface area (Å²) in [7, 11) is 0. The molecule has 4 nitrogen and oxygen atoms in total. The zero-order valence-corrected chi connectivity index (χ0v) is 7.54. The molecule has 0 aliphatic carbocycles. The summed E-state index contributed by atoms with van der Waals surface area (Å²) in [5.74, 6) is -0.0687. The van der Waals surface area contributed by atoms with Gasteiger partial charge in [-0.3, -0.25) is 9.59 Å². The summed E-state index contributed by atoms with van der Waals surface area (Å²) in [4.78, 5) is 21.6. The van der Waals surface area contributed by atoms with Crippen LogP contribution in [0.2, 0.25) is 0 Å². The second-order valence-electron chi connectivity index (χ2n) is 3.14. The van der Waals surface area contributed by atoms with Crippen molar-refractivity contribution >= 4 is 18.0 Å². The molecule has 72 valence electrons. The van der Waals surface area contributed by atoms with Crippen molar-refractivity contribution in [1.82, 2.24) is 5.32 Å². The van der Waals surface area contributed by atoms with Gasteiger partial charge in [0.1, 0.15) is 0 Å². The molecular weight excluding hydrogens is 180 g/mol. The summed E-state index contributed by atoms with van der Waals surface area (Å²) in [6, 6.07) is 5.37. The van der Waals surface area contributed by atoms with E-state index in [1.54, 1.807) is 12.1 Å². The Hall–Kier alpha value is -1.84. The van der Waals surface area contributed by atoms with Gasteiger partial charge in [0.05, 0.1) is 0 Å². The Morgan fingerprint density at radius 3 is 3.07 bits per heavy atom. The van der Waals surface area contributed by atoms with Gasteiger partial charge in [-0.2, -0.15) is 0 Å². The molecule has 2 rings (SSSR count). The highest BCUT2D eigenvalue weighted by Crippen LogP contribution is 2.18. The molecule has 1 aromatic carbocycles. The molecule has 0 spiro atoms. The van der Waals surface area contributed by atoms with Crippen LogP contribution < -0.4 is 10.6 Å². The SMILES string of the molecule is O=CNc1ccc2c(c1)C(=O)NCC2. The maximum atomic E-state index is 11.4. The maximum Gasteiger partial charge on any atom is 0.251 e. The summed E-state index contributed by atoms with van der Waals surface area (Å²) in [6.45, 7) is 0.687. The van der Waals surface area contributed by atoms with Gasteiger partial charge in [-0.25, -0.2) is 0 Å². The standard InChI is InChI=1S/C10H10N2O2/c13-6-12-8-2-1-7-3-4-11-10(14)9(7)5-8/h1-2,5-6H,3-4H2,(H,11,14)(H,12,13). The zero-order valence-electron chi connectivity index (χ0n) is 7.54. The number of anilines is 1. The first-order valence-corrected chi connectivity index (χ1v) is 4.42. The van der Waals surface area contributed by atoms with E-state index in [0.717, 1.165) is 12.0 Å². The number of benzene rings is 1. The average molecular weight is 190 g/mol. The normalized spacial score (nSPS) is 14.1. The minimum atomic E-state index is -0.0687. The molecule has 1 aliphatic heterocycles. The molecule has 0 radical (unpaired) electrons. The van der Waals surface area contributed by atoms with E-state index in [-0.39, 0.29) is 5.91 Å². The molecule has 1 aromatic rings. The van der Waals surface area contributed by atoms with E-state index < -0.39 is 0 Å². The van der Waals surface area contributed by atoms with Crippen LogP contribution in [0.15, 0.2) is 18.2 Å². The van der Waals surface area contributed by atoms with Crippen molar-refractivity contribution < 1.29 is 9.59 Å². The van der Waals surface area contributed by atoms with Gasteiger partial charge >= 0.3 is 0 Å². The second-order valence-corrected chi connectivity index (χ2v) is 3.14. The third-order valence-electron chi connectivity index (χ3n) is 2.26. The van der Waals surface area contributed by atoms with Crippen LogP contribution in [-0.2, 0) is 11.2 Å². The molecule has 0 atom stereocenters. The Morgan fingerprint density at radius 2 is 2.29 bits per heavy atom. The molecule has 2 N–H and O–H groups in total. The van der Waals surface area contributed by atoms with Gasteiger partial charge in [-0.1, -0.05) is 6.07 Å².